The summed E-state index contributed by atoms with van der Waals surface area (Å²) in [6, 6.07) is 7.05. The Morgan fingerprint density at radius 3 is 2.35 bits per heavy atom. The Balaban J connectivity index is 2.10. The molecule has 23 heavy (non-hydrogen) atoms. The second-order valence-electron chi connectivity index (χ2n) is 4.69. The number of aromatic nitrogens is 1. The molecule has 124 valence electrons. The third kappa shape index (κ3) is 4.74. The van der Waals surface area contributed by atoms with E-state index in [0.29, 0.717) is 17.7 Å². The molecule has 0 aliphatic carbocycles. The summed E-state index contributed by atoms with van der Waals surface area (Å²) in [5, 5.41) is 8.66. The Kier molecular flexibility index (Phi) is 5.33. The van der Waals surface area contributed by atoms with Crippen LogP contribution in [0, 0.1) is 0 Å². The van der Waals surface area contributed by atoms with Gasteiger partial charge < -0.3 is 14.6 Å². The third-order valence-corrected chi connectivity index (χ3v) is 3.04. The van der Waals surface area contributed by atoms with E-state index in [1.165, 1.54) is 0 Å². The van der Waals surface area contributed by atoms with Crippen LogP contribution in [-0.2, 0) is 6.18 Å². The Morgan fingerprint density at radius 1 is 1.22 bits per heavy atom. The van der Waals surface area contributed by atoms with Crippen molar-refractivity contribution in [3.8, 4) is 17.4 Å². The molecule has 1 atom stereocenters. The van der Waals surface area contributed by atoms with Gasteiger partial charge in [-0.25, -0.2) is 4.98 Å². The number of nitrogens with zero attached hydrogens (tertiary/aromatic N) is 1. The van der Waals surface area contributed by atoms with Crippen LogP contribution in [0.1, 0.15) is 12.5 Å². The molecule has 1 unspecified atom stereocenters. The number of rotatable bonds is 5. The van der Waals surface area contributed by atoms with Gasteiger partial charge in [0.05, 0.1) is 12.2 Å². The van der Waals surface area contributed by atoms with Gasteiger partial charge in [-0.15, -0.1) is 0 Å². The molecule has 0 radical (unpaired) electrons. The quantitative estimate of drug-likeness (QED) is 0.876. The lowest BCUT2D eigenvalue weighted by molar-refractivity contribution is -0.137. The molecule has 4 nitrogen and oxygen atoms in total. The number of pyridine rings is 1. The molecule has 1 aromatic heterocycles. The van der Waals surface area contributed by atoms with Gasteiger partial charge in [-0.05, 0) is 37.3 Å². The molecule has 1 N–H and O–H groups in total. The fourth-order valence-electron chi connectivity index (χ4n) is 1.62. The normalized spacial score (nSPS) is 12.8. The number of benzene rings is 1. The molecule has 0 spiro atoms. The van der Waals surface area contributed by atoms with Gasteiger partial charge in [0, 0.05) is 6.20 Å². The van der Waals surface area contributed by atoms with E-state index in [1.54, 1.807) is 31.2 Å². The predicted molar refractivity (Wildman–Crippen MR) is 77.9 cm³/mol. The number of hydrogen-bond donors (Lipinski definition) is 1. The van der Waals surface area contributed by atoms with Crippen molar-refractivity contribution < 1.29 is 27.8 Å². The first-order valence-electron chi connectivity index (χ1n) is 6.58. The minimum absolute atomic E-state index is 0.122. The number of aliphatic hydroxyl groups is 1. The van der Waals surface area contributed by atoms with Crippen LogP contribution in [0.25, 0.3) is 0 Å². The highest BCUT2D eigenvalue weighted by atomic mass is 35.5. The lowest BCUT2D eigenvalue weighted by atomic mass is 10.3. The third-order valence-electron chi connectivity index (χ3n) is 2.77. The van der Waals surface area contributed by atoms with Crippen LogP contribution in [0.15, 0.2) is 36.5 Å². The van der Waals surface area contributed by atoms with Gasteiger partial charge in [0.2, 0.25) is 5.88 Å². The van der Waals surface area contributed by atoms with Crippen LogP contribution in [0.2, 0.25) is 5.02 Å². The van der Waals surface area contributed by atoms with Crippen LogP contribution in [0.5, 0.6) is 17.4 Å². The molecule has 0 saturated heterocycles. The van der Waals surface area contributed by atoms with Crippen molar-refractivity contribution >= 4 is 11.6 Å². The fraction of sp³-hybridized carbons (Fsp3) is 0.267. The maximum atomic E-state index is 12.5. The van der Waals surface area contributed by atoms with Crippen LogP contribution < -0.4 is 9.47 Å². The number of ether oxygens (including phenoxy) is 2. The summed E-state index contributed by atoms with van der Waals surface area (Å²) in [6.45, 7) is 1.58. The second kappa shape index (κ2) is 7.06. The van der Waals surface area contributed by atoms with Crippen LogP contribution in [-0.4, -0.2) is 22.8 Å². The summed E-state index contributed by atoms with van der Waals surface area (Å²) < 4.78 is 48.3. The van der Waals surface area contributed by atoms with Gasteiger partial charge in [-0.1, -0.05) is 11.6 Å². The molecule has 2 rings (SSSR count). The minimum Gasteiger partial charge on any atom is -0.488 e. The molecule has 0 amide bonds. The molecule has 0 aliphatic heterocycles. The Morgan fingerprint density at radius 2 is 1.83 bits per heavy atom. The van der Waals surface area contributed by atoms with E-state index in [1.807, 2.05) is 0 Å². The fourth-order valence-corrected chi connectivity index (χ4v) is 1.83. The topological polar surface area (TPSA) is 51.6 Å². The lowest BCUT2D eigenvalue weighted by Gasteiger charge is -2.13. The predicted octanol–water partition coefficient (Wildman–Crippen LogP) is 4.31. The SMILES string of the molecule is CC(CO)Oc1ccc(Oc2ncc(C(F)(F)F)cc2Cl)cc1. The molecular formula is C15H13ClF3NO3. The first-order chi connectivity index (χ1) is 10.8. The maximum absolute atomic E-state index is 12.5. The van der Waals surface area contributed by atoms with E-state index in [9.17, 15) is 13.2 Å². The molecular weight excluding hydrogens is 335 g/mol. The summed E-state index contributed by atoms with van der Waals surface area (Å²) in [5.74, 6) is 0.727. The largest absolute Gasteiger partial charge is 0.488 e. The second-order valence-corrected chi connectivity index (χ2v) is 5.10. The van der Waals surface area contributed by atoms with Gasteiger partial charge in [0.25, 0.3) is 0 Å². The van der Waals surface area contributed by atoms with Crippen molar-refractivity contribution in [1.29, 1.82) is 0 Å². The van der Waals surface area contributed by atoms with Crippen LogP contribution in [0.3, 0.4) is 0 Å². The number of alkyl halides is 3. The summed E-state index contributed by atoms with van der Waals surface area (Å²) in [7, 11) is 0. The van der Waals surface area contributed by atoms with E-state index in [4.69, 9.17) is 26.2 Å². The van der Waals surface area contributed by atoms with Crippen LogP contribution in [0.4, 0.5) is 13.2 Å². The van der Waals surface area contributed by atoms with Crippen LogP contribution >= 0.6 is 11.6 Å². The Hall–Kier alpha value is -1.99. The van der Waals surface area contributed by atoms with Crippen molar-refractivity contribution in [2.75, 3.05) is 6.61 Å². The zero-order valence-corrected chi connectivity index (χ0v) is 12.7. The molecule has 2 aromatic rings. The standard InChI is InChI=1S/C15H13ClF3NO3/c1-9(8-21)22-11-2-4-12(5-3-11)23-14-13(16)6-10(7-20-14)15(17,18)19/h2-7,9,21H,8H2,1H3. The zero-order chi connectivity index (χ0) is 17.0. The number of aliphatic hydroxyl groups excluding tert-OH is 1. The Labute approximate surface area is 135 Å². The molecule has 0 aliphatic rings. The van der Waals surface area contributed by atoms with Crippen molar-refractivity contribution in [2.24, 2.45) is 0 Å². The van der Waals surface area contributed by atoms with E-state index >= 15 is 0 Å². The van der Waals surface area contributed by atoms with Gasteiger partial charge in [0.1, 0.15) is 22.6 Å². The van der Waals surface area contributed by atoms with Crippen molar-refractivity contribution in [3.05, 3.63) is 47.1 Å². The highest BCUT2D eigenvalue weighted by Gasteiger charge is 2.31. The lowest BCUT2D eigenvalue weighted by Crippen LogP contribution is -2.15. The summed E-state index contributed by atoms with van der Waals surface area (Å²) >= 11 is 5.76. The van der Waals surface area contributed by atoms with Crippen molar-refractivity contribution in [2.45, 2.75) is 19.2 Å². The van der Waals surface area contributed by atoms with E-state index in [-0.39, 0.29) is 23.6 Å². The smallest absolute Gasteiger partial charge is 0.417 e. The molecule has 8 heteroatoms. The number of hydrogen-bond acceptors (Lipinski definition) is 4. The maximum Gasteiger partial charge on any atom is 0.417 e. The van der Waals surface area contributed by atoms with Crippen molar-refractivity contribution in [3.63, 3.8) is 0 Å². The van der Waals surface area contributed by atoms with Gasteiger partial charge in [0.15, 0.2) is 0 Å². The average molecular weight is 348 g/mol. The number of halogens is 4. The summed E-state index contributed by atoms with van der Waals surface area (Å²) in [5.41, 5.74) is -0.948. The highest BCUT2D eigenvalue weighted by Crippen LogP contribution is 2.34. The summed E-state index contributed by atoms with van der Waals surface area (Å²) in [6.07, 6.45) is -4.22. The molecule has 0 saturated carbocycles. The Bertz CT molecular complexity index is 662. The van der Waals surface area contributed by atoms with Gasteiger partial charge in [-0.3, -0.25) is 0 Å². The molecule has 0 bridgehead atoms. The summed E-state index contributed by atoms with van der Waals surface area (Å²) in [4.78, 5) is 3.59. The molecule has 1 heterocycles. The zero-order valence-electron chi connectivity index (χ0n) is 12.0. The monoisotopic (exact) mass is 347 g/mol. The van der Waals surface area contributed by atoms with Gasteiger partial charge in [-0.2, -0.15) is 13.2 Å². The molecule has 1 aromatic carbocycles. The first-order valence-corrected chi connectivity index (χ1v) is 6.95. The van der Waals surface area contributed by atoms with Gasteiger partial charge >= 0.3 is 6.18 Å². The van der Waals surface area contributed by atoms with E-state index in [0.717, 1.165) is 6.07 Å². The highest BCUT2D eigenvalue weighted by molar-refractivity contribution is 6.31. The van der Waals surface area contributed by atoms with E-state index in [2.05, 4.69) is 4.98 Å². The first kappa shape index (κ1) is 17.4. The average Bonchev–Trinajstić information content (AvgIpc) is 2.50. The minimum atomic E-state index is -4.52. The van der Waals surface area contributed by atoms with E-state index < -0.39 is 11.7 Å². The van der Waals surface area contributed by atoms with Crippen molar-refractivity contribution in [1.82, 2.24) is 4.98 Å². The molecule has 0 fully saturated rings.